The summed E-state index contributed by atoms with van der Waals surface area (Å²) in [5, 5.41) is 4.00. The van der Waals surface area contributed by atoms with Gasteiger partial charge in [0.1, 0.15) is 12.6 Å². The molecule has 2 amide bonds. The van der Waals surface area contributed by atoms with E-state index < -0.39 is 28.5 Å². The largest absolute Gasteiger partial charge is 0.352 e. The number of aryl methyl sites for hydroxylation is 1. The number of sulfonamides is 1. The monoisotopic (exact) mass is 603 g/mol. The molecule has 0 aliphatic heterocycles. The van der Waals surface area contributed by atoms with Gasteiger partial charge in [-0.05, 0) is 67.3 Å². The fourth-order valence-electron chi connectivity index (χ4n) is 4.28. The molecule has 3 aromatic carbocycles. The summed E-state index contributed by atoms with van der Waals surface area (Å²) in [6.45, 7) is 5.19. The first-order valence-electron chi connectivity index (χ1n) is 13.0. The molecule has 1 N–H and O–H groups in total. The Bertz CT molecular complexity index is 1420. The van der Waals surface area contributed by atoms with E-state index in [-0.39, 0.29) is 24.9 Å². The molecule has 0 saturated heterocycles. The van der Waals surface area contributed by atoms with Crippen LogP contribution in [0.4, 0.5) is 5.69 Å². The fraction of sp³-hybridized carbons (Fsp3) is 0.333. The second kappa shape index (κ2) is 14.0. The highest BCUT2D eigenvalue weighted by Gasteiger charge is 2.33. The summed E-state index contributed by atoms with van der Waals surface area (Å²) in [7, 11) is -3.86. The summed E-state index contributed by atoms with van der Waals surface area (Å²) in [6, 6.07) is 20.2. The van der Waals surface area contributed by atoms with E-state index in [0.29, 0.717) is 27.7 Å². The first-order chi connectivity index (χ1) is 18.9. The minimum absolute atomic E-state index is 0.0820. The third-order valence-corrected chi connectivity index (χ3v) is 8.26. The number of benzene rings is 3. The van der Waals surface area contributed by atoms with Crippen LogP contribution < -0.4 is 9.62 Å². The molecular formula is C30H35Cl2N3O4S. The number of anilines is 1. The van der Waals surface area contributed by atoms with E-state index in [0.717, 1.165) is 21.7 Å². The van der Waals surface area contributed by atoms with Crippen LogP contribution in [0, 0.1) is 6.92 Å². The molecule has 0 spiro atoms. The molecule has 3 aromatic rings. The molecule has 0 heterocycles. The zero-order valence-corrected chi connectivity index (χ0v) is 25.4. The van der Waals surface area contributed by atoms with Crippen molar-refractivity contribution in [2.45, 2.75) is 52.2 Å². The van der Waals surface area contributed by atoms with Gasteiger partial charge in [0.15, 0.2) is 0 Å². The maximum atomic E-state index is 14.1. The van der Waals surface area contributed by atoms with Gasteiger partial charge in [0, 0.05) is 29.1 Å². The molecule has 0 unspecified atom stereocenters. The maximum absolute atomic E-state index is 14.1. The van der Waals surface area contributed by atoms with E-state index in [9.17, 15) is 18.0 Å². The van der Waals surface area contributed by atoms with E-state index in [4.69, 9.17) is 23.2 Å². The van der Waals surface area contributed by atoms with Crippen LogP contribution in [0.15, 0.2) is 72.8 Å². The number of halogens is 2. The van der Waals surface area contributed by atoms with Gasteiger partial charge in [-0.2, -0.15) is 0 Å². The molecule has 40 heavy (non-hydrogen) atoms. The Kier molecular flexibility index (Phi) is 11.0. The summed E-state index contributed by atoms with van der Waals surface area (Å²) in [5.41, 5.74) is 2.57. The van der Waals surface area contributed by atoms with Gasteiger partial charge in [-0.25, -0.2) is 8.42 Å². The van der Waals surface area contributed by atoms with Crippen molar-refractivity contribution in [3.05, 3.63) is 99.5 Å². The van der Waals surface area contributed by atoms with E-state index in [1.807, 2.05) is 44.2 Å². The predicted molar refractivity (Wildman–Crippen MR) is 162 cm³/mol. The second-order valence-electron chi connectivity index (χ2n) is 9.87. The van der Waals surface area contributed by atoms with Gasteiger partial charge in [-0.15, -0.1) is 0 Å². The highest BCUT2D eigenvalue weighted by Crippen LogP contribution is 2.26. The van der Waals surface area contributed by atoms with Crippen LogP contribution in [-0.4, -0.2) is 50.0 Å². The number of carbonyl (C=O) groups is 2. The molecule has 3 rings (SSSR count). The van der Waals surface area contributed by atoms with Crippen molar-refractivity contribution in [2.24, 2.45) is 0 Å². The van der Waals surface area contributed by atoms with E-state index in [1.54, 1.807) is 49.4 Å². The first kappa shape index (κ1) is 31.5. The van der Waals surface area contributed by atoms with Crippen molar-refractivity contribution < 1.29 is 18.0 Å². The summed E-state index contributed by atoms with van der Waals surface area (Å²) in [6.07, 6.45) is 2.02. The van der Waals surface area contributed by atoms with Crippen LogP contribution in [0.3, 0.4) is 0 Å². The standard InChI is InChI=1S/C30H35Cl2N3O4S/c1-5-22(3)33-30(37)28(18-23-9-7-6-8-10-23)34(19-24-11-13-25(31)14-12-24)29(36)20-35(40(4,38)39)27-16-15-26(32)17-21(27)2/h6-17,22,28H,5,18-20H2,1-4H3,(H,33,37)/t22-,28-/m0/s1. The lowest BCUT2D eigenvalue weighted by Crippen LogP contribution is -2.54. The number of nitrogens with zero attached hydrogens (tertiary/aromatic N) is 2. The summed E-state index contributed by atoms with van der Waals surface area (Å²) >= 11 is 12.2. The molecule has 2 atom stereocenters. The van der Waals surface area contributed by atoms with Gasteiger partial charge < -0.3 is 10.2 Å². The Morgan fingerprint density at radius 2 is 1.55 bits per heavy atom. The van der Waals surface area contributed by atoms with Crippen molar-refractivity contribution >= 4 is 50.7 Å². The van der Waals surface area contributed by atoms with E-state index >= 15 is 0 Å². The number of hydrogen-bond acceptors (Lipinski definition) is 4. The Balaban J connectivity index is 2.07. The zero-order valence-electron chi connectivity index (χ0n) is 23.1. The van der Waals surface area contributed by atoms with E-state index in [1.165, 1.54) is 4.90 Å². The van der Waals surface area contributed by atoms with Crippen molar-refractivity contribution in [1.29, 1.82) is 0 Å². The topological polar surface area (TPSA) is 86.8 Å². The van der Waals surface area contributed by atoms with Crippen LogP contribution in [0.1, 0.15) is 37.0 Å². The molecule has 0 aliphatic carbocycles. The minimum Gasteiger partial charge on any atom is -0.352 e. The molecule has 0 saturated carbocycles. The molecule has 0 fully saturated rings. The van der Waals surface area contributed by atoms with Crippen LogP contribution in [0.5, 0.6) is 0 Å². The van der Waals surface area contributed by atoms with Gasteiger partial charge in [0.2, 0.25) is 21.8 Å². The third-order valence-electron chi connectivity index (χ3n) is 6.65. The van der Waals surface area contributed by atoms with Gasteiger partial charge in [0.05, 0.1) is 11.9 Å². The van der Waals surface area contributed by atoms with Crippen LogP contribution in [0.2, 0.25) is 10.0 Å². The van der Waals surface area contributed by atoms with Gasteiger partial charge in [0.25, 0.3) is 0 Å². The predicted octanol–water partition coefficient (Wildman–Crippen LogP) is 5.62. The molecule has 214 valence electrons. The summed E-state index contributed by atoms with van der Waals surface area (Å²) in [4.78, 5) is 29.2. The van der Waals surface area contributed by atoms with Crippen LogP contribution in [-0.2, 0) is 32.6 Å². The quantitative estimate of drug-likeness (QED) is 0.291. The first-order valence-corrected chi connectivity index (χ1v) is 15.6. The van der Waals surface area contributed by atoms with Crippen molar-refractivity contribution in [3.8, 4) is 0 Å². The Morgan fingerprint density at radius 3 is 2.12 bits per heavy atom. The lowest BCUT2D eigenvalue weighted by molar-refractivity contribution is -0.140. The smallest absolute Gasteiger partial charge is 0.244 e. The molecule has 0 aliphatic rings. The number of hydrogen-bond donors (Lipinski definition) is 1. The second-order valence-corrected chi connectivity index (χ2v) is 12.7. The van der Waals surface area contributed by atoms with Crippen molar-refractivity contribution in [2.75, 3.05) is 17.1 Å². The Hall–Kier alpha value is -3.07. The normalized spacial score (nSPS) is 12.8. The average Bonchev–Trinajstić information content (AvgIpc) is 2.90. The highest BCUT2D eigenvalue weighted by atomic mass is 35.5. The molecule has 0 aromatic heterocycles. The average molecular weight is 605 g/mol. The highest BCUT2D eigenvalue weighted by molar-refractivity contribution is 7.92. The van der Waals surface area contributed by atoms with Gasteiger partial charge >= 0.3 is 0 Å². The Morgan fingerprint density at radius 1 is 0.925 bits per heavy atom. The minimum atomic E-state index is -3.86. The number of rotatable bonds is 12. The molecular weight excluding hydrogens is 569 g/mol. The van der Waals surface area contributed by atoms with Crippen LogP contribution >= 0.6 is 23.2 Å². The van der Waals surface area contributed by atoms with Crippen molar-refractivity contribution in [1.82, 2.24) is 10.2 Å². The summed E-state index contributed by atoms with van der Waals surface area (Å²) in [5.74, 6) is -0.830. The number of carbonyl (C=O) groups excluding carboxylic acids is 2. The molecule has 10 heteroatoms. The van der Waals surface area contributed by atoms with Gasteiger partial charge in [-0.1, -0.05) is 72.6 Å². The SMILES string of the molecule is CC[C@H](C)NC(=O)[C@H](Cc1ccccc1)N(Cc1ccc(Cl)cc1)C(=O)CN(c1ccc(Cl)cc1C)S(C)(=O)=O. The fourth-order valence-corrected chi connectivity index (χ4v) is 5.53. The summed E-state index contributed by atoms with van der Waals surface area (Å²) < 4.78 is 26.9. The number of amides is 2. The van der Waals surface area contributed by atoms with E-state index in [2.05, 4.69) is 5.32 Å². The molecule has 0 bridgehead atoms. The molecule has 0 radical (unpaired) electrons. The maximum Gasteiger partial charge on any atom is 0.244 e. The zero-order chi connectivity index (χ0) is 29.4. The van der Waals surface area contributed by atoms with Crippen molar-refractivity contribution in [3.63, 3.8) is 0 Å². The molecule has 7 nitrogen and oxygen atoms in total. The van der Waals surface area contributed by atoms with Gasteiger partial charge in [-0.3, -0.25) is 13.9 Å². The third kappa shape index (κ3) is 8.71. The Labute approximate surface area is 247 Å². The lowest BCUT2D eigenvalue weighted by atomic mass is 10.0. The number of nitrogens with one attached hydrogen (secondary N) is 1. The van der Waals surface area contributed by atoms with Crippen LogP contribution in [0.25, 0.3) is 0 Å². The lowest BCUT2D eigenvalue weighted by Gasteiger charge is -2.34.